The number of ether oxygens (including phenoxy) is 1. The number of primary amides is 1. The first-order chi connectivity index (χ1) is 5.66. The number of urea groups is 1. The van der Waals surface area contributed by atoms with E-state index in [1.807, 2.05) is 0 Å². The standard InChI is InChI=1S/C6H13N3O3/c1-2-8-6(11)9-3-4-12-5(7)10/h2-4H2,1H3,(H2,7,10)(H2,8,9,11). The summed E-state index contributed by atoms with van der Waals surface area (Å²) >= 11 is 0. The van der Waals surface area contributed by atoms with Gasteiger partial charge >= 0.3 is 12.1 Å². The van der Waals surface area contributed by atoms with E-state index in [1.54, 1.807) is 6.92 Å². The predicted octanol–water partition coefficient (Wildman–Crippen LogP) is -0.599. The molecule has 4 N–H and O–H groups in total. The van der Waals surface area contributed by atoms with Crippen molar-refractivity contribution in [2.75, 3.05) is 19.7 Å². The number of carbonyl (C=O) groups is 2. The molecule has 0 bridgehead atoms. The van der Waals surface area contributed by atoms with Crippen LogP contribution in [-0.4, -0.2) is 31.8 Å². The van der Waals surface area contributed by atoms with Gasteiger partial charge in [0.25, 0.3) is 0 Å². The van der Waals surface area contributed by atoms with E-state index >= 15 is 0 Å². The summed E-state index contributed by atoms with van der Waals surface area (Å²) in [6.45, 7) is 2.71. The molecule has 0 aliphatic heterocycles. The molecule has 0 saturated heterocycles. The highest BCUT2D eigenvalue weighted by Gasteiger charge is 1.97. The van der Waals surface area contributed by atoms with Gasteiger partial charge in [-0.05, 0) is 6.92 Å². The third-order valence-electron chi connectivity index (χ3n) is 0.969. The van der Waals surface area contributed by atoms with Gasteiger partial charge in [-0.15, -0.1) is 0 Å². The van der Waals surface area contributed by atoms with Crippen molar-refractivity contribution in [2.45, 2.75) is 6.92 Å². The number of nitrogens with one attached hydrogen (secondary N) is 2. The van der Waals surface area contributed by atoms with Crippen LogP contribution < -0.4 is 16.4 Å². The first-order valence-electron chi connectivity index (χ1n) is 3.60. The average molecular weight is 175 g/mol. The Hall–Kier alpha value is -1.46. The second kappa shape index (κ2) is 6.26. The number of amides is 3. The lowest BCUT2D eigenvalue weighted by Gasteiger charge is -2.04. The lowest BCUT2D eigenvalue weighted by Crippen LogP contribution is -2.37. The van der Waals surface area contributed by atoms with Gasteiger partial charge in [-0.2, -0.15) is 0 Å². The van der Waals surface area contributed by atoms with Crippen molar-refractivity contribution < 1.29 is 14.3 Å². The van der Waals surface area contributed by atoms with Crippen molar-refractivity contribution in [3.8, 4) is 0 Å². The Morgan fingerprint density at radius 2 is 2.08 bits per heavy atom. The summed E-state index contributed by atoms with van der Waals surface area (Å²) < 4.78 is 4.37. The molecule has 0 unspecified atom stereocenters. The van der Waals surface area contributed by atoms with E-state index < -0.39 is 6.09 Å². The molecule has 6 nitrogen and oxygen atoms in total. The molecular formula is C6H13N3O3. The molecule has 0 rings (SSSR count). The normalized spacial score (nSPS) is 8.75. The van der Waals surface area contributed by atoms with Crippen molar-refractivity contribution in [1.82, 2.24) is 10.6 Å². The van der Waals surface area contributed by atoms with Crippen LogP contribution in [0.15, 0.2) is 0 Å². The predicted molar refractivity (Wildman–Crippen MR) is 42.6 cm³/mol. The lowest BCUT2D eigenvalue weighted by atomic mass is 10.6. The molecule has 3 amide bonds. The van der Waals surface area contributed by atoms with Gasteiger partial charge in [0, 0.05) is 6.54 Å². The van der Waals surface area contributed by atoms with Gasteiger partial charge in [0.15, 0.2) is 0 Å². The Kier molecular flexibility index (Phi) is 5.50. The van der Waals surface area contributed by atoms with Gasteiger partial charge in [-0.25, -0.2) is 9.59 Å². The highest BCUT2D eigenvalue weighted by atomic mass is 16.5. The van der Waals surface area contributed by atoms with E-state index in [0.29, 0.717) is 6.54 Å². The van der Waals surface area contributed by atoms with Crippen LogP contribution in [0.2, 0.25) is 0 Å². The Labute approximate surface area is 70.4 Å². The molecule has 0 saturated carbocycles. The molecule has 0 aliphatic carbocycles. The molecule has 70 valence electrons. The average Bonchev–Trinajstić information content (AvgIpc) is 1.98. The van der Waals surface area contributed by atoms with Gasteiger partial charge in [0.2, 0.25) is 0 Å². The zero-order valence-electron chi connectivity index (χ0n) is 6.92. The lowest BCUT2D eigenvalue weighted by molar-refractivity contribution is 0.157. The van der Waals surface area contributed by atoms with E-state index in [1.165, 1.54) is 0 Å². The molecule has 0 aliphatic rings. The summed E-state index contributed by atoms with van der Waals surface area (Å²) in [6, 6.07) is -0.287. The van der Waals surface area contributed by atoms with Crippen LogP contribution in [0, 0.1) is 0 Å². The highest BCUT2D eigenvalue weighted by Crippen LogP contribution is 1.71. The maximum Gasteiger partial charge on any atom is 0.404 e. The zero-order valence-corrected chi connectivity index (χ0v) is 6.92. The van der Waals surface area contributed by atoms with Crippen LogP contribution in [0.4, 0.5) is 9.59 Å². The second-order valence-corrected chi connectivity index (χ2v) is 1.95. The third kappa shape index (κ3) is 6.66. The van der Waals surface area contributed by atoms with Crippen LogP contribution in [0.25, 0.3) is 0 Å². The van der Waals surface area contributed by atoms with Gasteiger partial charge in [0.1, 0.15) is 6.61 Å². The van der Waals surface area contributed by atoms with Crippen LogP contribution in [0.5, 0.6) is 0 Å². The molecule has 0 heterocycles. The summed E-state index contributed by atoms with van der Waals surface area (Å²) in [5.41, 5.74) is 4.68. The van der Waals surface area contributed by atoms with E-state index in [2.05, 4.69) is 21.1 Å². The molecule has 0 radical (unpaired) electrons. The monoisotopic (exact) mass is 175 g/mol. The summed E-state index contributed by atoms with van der Waals surface area (Å²) in [6.07, 6.45) is -0.840. The minimum atomic E-state index is -0.840. The zero-order chi connectivity index (χ0) is 9.40. The number of carbonyl (C=O) groups excluding carboxylic acids is 2. The molecule has 0 spiro atoms. The SMILES string of the molecule is CCNC(=O)NCCOC(N)=O. The fourth-order valence-electron chi connectivity index (χ4n) is 0.539. The largest absolute Gasteiger partial charge is 0.448 e. The summed E-state index contributed by atoms with van der Waals surface area (Å²) in [4.78, 5) is 20.7. The van der Waals surface area contributed by atoms with Gasteiger partial charge in [-0.3, -0.25) is 0 Å². The van der Waals surface area contributed by atoms with Gasteiger partial charge in [-0.1, -0.05) is 0 Å². The van der Waals surface area contributed by atoms with Crippen LogP contribution in [0.3, 0.4) is 0 Å². The summed E-state index contributed by atoms with van der Waals surface area (Å²) in [5, 5.41) is 4.97. The second-order valence-electron chi connectivity index (χ2n) is 1.95. The molecule has 0 atom stereocenters. The summed E-state index contributed by atoms with van der Waals surface area (Å²) in [7, 11) is 0. The van der Waals surface area contributed by atoms with Crippen molar-refractivity contribution in [3.05, 3.63) is 0 Å². The summed E-state index contributed by atoms with van der Waals surface area (Å²) in [5.74, 6) is 0. The van der Waals surface area contributed by atoms with Crippen molar-refractivity contribution in [2.24, 2.45) is 5.73 Å². The smallest absolute Gasteiger partial charge is 0.404 e. The fourth-order valence-corrected chi connectivity index (χ4v) is 0.539. The van der Waals surface area contributed by atoms with Gasteiger partial charge < -0.3 is 21.1 Å². The molecule has 0 aromatic carbocycles. The topological polar surface area (TPSA) is 93.4 Å². The molecule has 6 heteroatoms. The number of hydrogen-bond donors (Lipinski definition) is 3. The molecule has 0 fully saturated rings. The quantitative estimate of drug-likeness (QED) is 0.498. The number of hydrogen-bond acceptors (Lipinski definition) is 3. The molecule has 12 heavy (non-hydrogen) atoms. The Balaban J connectivity index is 3.19. The maximum absolute atomic E-state index is 10.7. The van der Waals surface area contributed by atoms with E-state index in [-0.39, 0.29) is 19.2 Å². The van der Waals surface area contributed by atoms with E-state index in [4.69, 9.17) is 0 Å². The number of nitrogens with two attached hydrogens (primary N) is 1. The van der Waals surface area contributed by atoms with E-state index in [0.717, 1.165) is 0 Å². The van der Waals surface area contributed by atoms with Gasteiger partial charge in [0.05, 0.1) is 6.54 Å². The van der Waals surface area contributed by atoms with Crippen LogP contribution in [-0.2, 0) is 4.74 Å². The van der Waals surface area contributed by atoms with Crippen LogP contribution in [0.1, 0.15) is 6.92 Å². The molecular weight excluding hydrogens is 162 g/mol. The van der Waals surface area contributed by atoms with Crippen molar-refractivity contribution in [1.29, 1.82) is 0 Å². The third-order valence-corrected chi connectivity index (χ3v) is 0.969. The minimum Gasteiger partial charge on any atom is -0.448 e. The van der Waals surface area contributed by atoms with E-state index in [9.17, 15) is 9.59 Å². The van der Waals surface area contributed by atoms with Crippen molar-refractivity contribution >= 4 is 12.1 Å². The Morgan fingerprint density at radius 3 is 2.58 bits per heavy atom. The van der Waals surface area contributed by atoms with Crippen molar-refractivity contribution in [3.63, 3.8) is 0 Å². The Morgan fingerprint density at radius 1 is 1.42 bits per heavy atom. The fraction of sp³-hybridized carbons (Fsp3) is 0.667. The number of rotatable bonds is 4. The molecule has 0 aromatic heterocycles. The first kappa shape index (κ1) is 10.5. The first-order valence-corrected chi connectivity index (χ1v) is 3.60. The Bertz CT molecular complexity index is 160. The maximum atomic E-state index is 10.7. The highest BCUT2D eigenvalue weighted by molar-refractivity contribution is 5.73. The van der Waals surface area contributed by atoms with Crippen LogP contribution >= 0.6 is 0 Å². The minimum absolute atomic E-state index is 0.0897. The molecule has 0 aromatic rings.